The number of rotatable bonds is 4. The van der Waals surface area contributed by atoms with Crippen molar-refractivity contribution in [2.24, 2.45) is 0 Å². The van der Waals surface area contributed by atoms with Crippen molar-refractivity contribution in [3.05, 3.63) is 35.4 Å². The molecule has 16 heavy (non-hydrogen) atoms. The highest BCUT2D eigenvalue weighted by atomic mass is 19.1. The van der Waals surface area contributed by atoms with E-state index in [0.717, 1.165) is 37.8 Å². The minimum Gasteiger partial charge on any atom is -0.316 e. The van der Waals surface area contributed by atoms with Gasteiger partial charge in [0.1, 0.15) is 5.67 Å². The van der Waals surface area contributed by atoms with Crippen LogP contribution in [0.4, 0.5) is 4.39 Å². The van der Waals surface area contributed by atoms with Gasteiger partial charge in [0.2, 0.25) is 0 Å². The molecule has 0 aromatic heterocycles. The molecular weight excluding hydrogens is 201 g/mol. The topological polar surface area (TPSA) is 12.0 Å². The van der Waals surface area contributed by atoms with Gasteiger partial charge in [-0.15, -0.1) is 0 Å². The average Bonchev–Trinajstić information content (AvgIpc) is 2.68. The van der Waals surface area contributed by atoms with Gasteiger partial charge in [-0.05, 0) is 31.0 Å². The molecular formula is C14H20FN. The largest absolute Gasteiger partial charge is 0.316 e. The zero-order valence-corrected chi connectivity index (χ0v) is 9.93. The number of benzene rings is 1. The Morgan fingerprint density at radius 2 is 1.69 bits per heavy atom. The van der Waals surface area contributed by atoms with Crippen LogP contribution in [0.15, 0.2) is 24.3 Å². The second kappa shape index (κ2) is 4.96. The van der Waals surface area contributed by atoms with Crippen LogP contribution < -0.4 is 5.32 Å². The molecule has 1 nitrogen and oxygen atoms in total. The molecule has 1 aliphatic carbocycles. The summed E-state index contributed by atoms with van der Waals surface area (Å²) in [5.74, 6) is 0. The molecule has 1 saturated carbocycles. The van der Waals surface area contributed by atoms with Gasteiger partial charge >= 0.3 is 0 Å². The fourth-order valence-corrected chi connectivity index (χ4v) is 2.53. The summed E-state index contributed by atoms with van der Waals surface area (Å²) < 4.78 is 14.2. The molecule has 1 N–H and O–H groups in total. The Morgan fingerprint density at radius 1 is 1.12 bits per heavy atom. The van der Waals surface area contributed by atoms with E-state index in [2.05, 4.69) is 29.6 Å². The summed E-state index contributed by atoms with van der Waals surface area (Å²) in [6.07, 6.45) is 4.17. The van der Waals surface area contributed by atoms with Crippen LogP contribution in [0.25, 0.3) is 0 Å². The SMILES string of the molecule is CNCc1ccc(CC2(F)CCCC2)cc1. The molecule has 0 heterocycles. The summed E-state index contributed by atoms with van der Waals surface area (Å²) in [4.78, 5) is 0. The number of halogens is 1. The normalized spacial score (nSPS) is 18.9. The molecule has 0 spiro atoms. The fraction of sp³-hybridized carbons (Fsp3) is 0.571. The number of hydrogen-bond acceptors (Lipinski definition) is 1. The first kappa shape index (κ1) is 11.6. The Balaban J connectivity index is 1.99. The molecule has 2 rings (SSSR count). The maximum Gasteiger partial charge on any atom is 0.115 e. The molecule has 0 saturated heterocycles. The van der Waals surface area contributed by atoms with Crippen molar-refractivity contribution in [1.82, 2.24) is 5.32 Å². The lowest BCUT2D eigenvalue weighted by atomic mass is 9.94. The van der Waals surface area contributed by atoms with Crippen LogP contribution in [0.3, 0.4) is 0 Å². The van der Waals surface area contributed by atoms with Gasteiger partial charge in [-0.1, -0.05) is 37.1 Å². The van der Waals surface area contributed by atoms with Gasteiger partial charge in [0, 0.05) is 13.0 Å². The van der Waals surface area contributed by atoms with Crippen LogP contribution >= 0.6 is 0 Å². The Bertz CT molecular complexity index is 325. The van der Waals surface area contributed by atoms with Crippen molar-refractivity contribution in [1.29, 1.82) is 0 Å². The third kappa shape index (κ3) is 2.82. The molecule has 1 aromatic rings. The fourth-order valence-electron chi connectivity index (χ4n) is 2.53. The third-order valence-corrected chi connectivity index (χ3v) is 3.42. The van der Waals surface area contributed by atoms with Gasteiger partial charge in [0.25, 0.3) is 0 Å². The predicted octanol–water partition coefficient (Wildman–Crippen LogP) is 3.23. The van der Waals surface area contributed by atoms with E-state index in [1.165, 1.54) is 5.56 Å². The van der Waals surface area contributed by atoms with E-state index >= 15 is 0 Å². The van der Waals surface area contributed by atoms with Crippen LogP contribution in [0.1, 0.15) is 36.8 Å². The summed E-state index contributed by atoms with van der Waals surface area (Å²) in [5, 5.41) is 3.11. The molecule has 0 unspecified atom stereocenters. The number of hydrogen-bond donors (Lipinski definition) is 1. The van der Waals surface area contributed by atoms with Gasteiger partial charge in [0.15, 0.2) is 0 Å². The Hall–Kier alpha value is -0.890. The van der Waals surface area contributed by atoms with Crippen molar-refractivity contribution < 1.29 is 4.39 Å². The van der Waals surface area contributed by atoms with Gasteiger partial charge < -0.3 is 5.32 Å². The lowest BCUT2D eigenvalue weighted by molar-refractivity contribution is 0.173. The zero-order chi connectivity index (χ0) is 11.4. The molecule has 0 amide bonds. The maximum absolute atomic E-state index is 14.2. The van der Waals surface area contributed by atoms with Crippen molar-refractivity contribution in [3.63, 3.8) is 0 Å². The molecule has 1 fully saturated rings. The molecule has 88 valence electrons. The monoisotopic (exact) mass is 221 g/mol. The van der Waals surface area contributed by atoms with E-state index in [-0.39, 0.29) is 0 Å². The van der Waals surface area contributed by atoms with Crippen molar-refractivity contribution in [2.75, 3.05) is 7.05 Å². The molecule has 1 aliphatic rings. The first-order valence-corrected chi connectivity index (χ1v) is 6.13. The van der Waals surface area contributed by atoms with Gasteiger partial charge in [-0.3, -0.25) is 0 Å². The first-order chi connectivity index (χ1) is 7.72. The highest BCUT2D eigenvalue weighted by Gasteiger charge is 2.33. The summed E-state index contributed by atoms with van der Waals surface area (Å²) in [6.45, 7) is 0.876. The van der Waals surface area contributed by atoms with E-state index in [0.29, 0.717) is 6.42 Å². The highest BCUT2D eigenvalue weighted by Crippen LogP contribution is 2.36. The van der Waals surface area contributed by atoms with Gasteiger partial charge in [-0.25, -0.2) is 4.39 Å². The van der Waals surface area contributed by atoms with Crippen LogP contribution in [0.2, 0.25) is 0 Å². The smallest absolute Gasteiger partial charge is 0.115 e. The maximum atomic E-state index is 14.2. The van der Waals surface area contributed by atoms with Crippen molar-refractivity contribution >= 4 is 0 Å². The summed E-state index contributed by atoms with van der Waals surface area (Å²) in [7, 11) is 1.93. The second-order valence-corrected chi connectivity index (χ2v) is 4.88. The molecule has 0 atom stereocenters. The quantitative estimate of drug-likeness (QED) is 0.823. The van der Waals surface area contributed by atoms with E-state index in [1.807, 2.05) is 7.05 Å². The minimum atomic E-state index is -0.926. The second-order valence-electron chi connectivity index (χ2n) is 4.88. The molecule has 0 aliphatic heterocycles. The lowest BCUT2D eigenvalue weighted by Crippen LogP contribution is -2.21. The van der Waals surface area contributed by atoms with Crippen molar-refractivity contribution in [2.45, 2.75) is 44.3 Å². The Morgan fingerprint density at radius 3 is 2.25 bits per heavy atom. The Labute approximate surface area is 97.1 Å². The van der Waals surface area contributed by atoms with Crippen LogP contribution in [-0.2, 0) is 13.0 Å². The molecule has 0 bridgehead atoms. The summed E-state index contributed by atoms with van der Waals surface area (Å²) in [5.41, 5.74) is 1.46. The van der Waals surface area contributed by atoms with E-state index in [1.54, 1.807) is 0 Å². The third-order valence-electron chi connectivity index (χ3n) is 3.42. The highest BCUT2D eigenvalue weighted by molar-refractivity contribution is 5.24. The predicted molar refractivity (Wildman–Crippen MR) is 65.2 cm³/mol. The summed E-state index contributed by atoms with van der Waals surface area (Å²) in [6, 6.07) is 8.30. The average molecular weight is 221 g/mol. The number of nitrogens with one attached hydrogen (secondary N) is 1. The van der Waals surface area contributed by atoms with Crippen LogP contribution in [0, 0.1) is 0 Å². The van der Waals surface area contributed by atoms with Gasteiger partial charge in [0.05, 0.1) is 0 Å². The standard InChI is InChI=1S/C14H20FN/c1-16-11-13-6-4-12(5-7-13)10-14(15)8-2-3-9-14/h4-7,16H,2-3,8-11H2,1H3. The van der Waals surface area contributed by atoms with E-state index in [9.17, 15) is 4.39 Å². The van der Waals surface area contributed by atoms with Crippen LogP contribution in [-0.4, -0.2) is 12.7 Å². The van der Waals surface area contributed by atoms with E-state index in [4.69, 9.17) is 0 Å². The first-order valence-electron chi connectivity index (χ1n) is 6.13. The van der Waals surface area contributed by atoms with Crippen LogP contribution in [0.5, 0.6) is 0 Å². The summed E-state index contributed by atoms with van der Waals surface area (Å²) >= 11 is 0. The zero-order valence-electron chi connectivity index (χ0n) is 9.93. The number of alkyl halides is 1. The lowest BCUT2D eigenvalue weighted by Gasteiger charge is -2.18. The minimum absolute atomic E-state index is 0.590. The Kier molecular flexibility index (Phi) is 3.59. The molecule has 1 aromatic carbocycles. The van der Waals surface area contributed by atoms with Gasteiger partial charge in [-0.2, -0.15) is 0 Å². The van der Waals surface area contributed by atoms with E-state index < -0.39 is 5.67 Å². The molecule has 2 heteroatoms. The van der Waals surface area contributed by atoms with Crippen molar-refractivity contribution in [3.8, 4) is 0 Å². The molecule has 0 radical (unpaired) electrons.